The molecule has 0 aliphatic carbocycles. The molecule has 0 N–H and O–H groups in total. The van der Waals surface area contributed by atoms with Crippen LogP contribution in [-0.2, 0) is 6.42 Å². The predicted molar refractivity (Wildman–Crippen MR) is 97.9 cm³/mol. The van der Waals surface area contributed by atoms with Crippen molar-refractivity contribution in [3.63, 3.8) is 0 Å². The lowest BCUT2D eigenvalue weighted by atomic mass is 10.1. The van der Waals surface area contributed by atoms with Gasteiger partial charge in [-0.15, -0.1) is 10.2 Å². The Morgan fingerprint density at radius 1 is 1.00 bits per heavy atom. The summed E-state index contributed by atoms with van der Waals surface area (Å²) in [4.78, 5) is 0.779. The van der Waals surface area contributed by atoms with E-state index >= 15 is 0 Å². The average Bonchev–Trinajstić information content (AvgIpc) is 3.29. The van der Waals surface area contributed by atoms with Crippen LogP contribution in [0.25, 0.3) is 27.5 Å². The lowest BCUT2D eigenvalue weighted by molar-refractivity contribution is 0.619. The monoisotopic (exact) mass is 346 g/mol. The molecule has 0 amide bonds. The Balaban J connectivity index is 1.61. The molecular formula is C19H14N4OS. The first-order chi connectivity index (χ1) is 12.3. The molecule has 5 aromatic rings. The topological polar surface area (TPSA) is 56.2 Å². The Kier molecular flexibility index (Phi) is 3.18. The minimum atomic E-state index is 0.652. The Bertz CT molecular complexity index is 1190. The van der Waals surface area contributed by atoms with Crippen LogP contribution in [0.1, 0.15) is 16.1 Å². The summed E-state index contributed by atoms with van der Waals surface area (Å²) in [7, 11) is 0. The van der Waals surface area contributed by atoms with Crippen LogP contribution in [0.15, 0.2) is 59.0 Å². The summed E-state index contributed by atoms with van der Waals surface area (Å²) in [6.07, 6.45) is 0.785. The van der Waals surface area contributed by atoms with Crippen LogP contribution in [-0.4, -0.2) is 19.8 Å². The van der Waals surface area contributed by atoms with Crippen molar-refractivity contribution in [1.82, 2.24) is 19.8 Å². The van der Waals surface area contributed by atoms with Gasteiger partial charge >= 0.3 is 0 Å². The summed E-state index contributed by atoms with van der Waals surface area (Å²) in [6.45, 7) is 2.04. The van der Waals surface area contributed by atoms with Crippen LogP contribution in [0.3, 0.4) is 0 Å². The van der Waals surface area contributed by atoms with Gasteiger partial charge in [-0.1, -0.05) is 59.9 Å². The van der Waals surface area contributed by atoms with Crippen molar-refractivity contribution in [3.05, 3.63) is 70.7 Å². The van der Waals surface area contributed by atoms with Crippen molar-refractivity contribution in [2.45, 2.75) is 13.3 Å². The highest BCUT2D eigenvalue weighted by atomic mass is 32.1. The first-order valence-electron chi connectivity index (χ1n) is 8.03. The summed E-state index contributed by atoms with van der Waals surface area (Å²) >= 11 is 1.56. The van der Waals surface area contributed by atoms with E-state index in [0.29, 0.717) is 5.82 Å². The van der Waals surface area contributed by atoms with Crippen molar-refractivity contribution in [1.29, 1.82) is 0 Å². The van der Waals surface area contributed by atoms with Gasteiger partial charge in [0.2, 0.25) is 10.8 Å². The molecule has 0 saturated carbocycles. The zero-order valence-electron chi connectivity index (χ0n) is 13.5. The van der Waals surface area contributed by atoms with Gasteiger partial charge in [0.1, 0.15) is 10.6 Å². The summed E-state index contributed by atoms with van der Waals surface area (Å²) in [5, 5.41) is 15.4. The second-order valence-electron chi connectivity index (χ2n) is 5.93. The number of furan rings is 1. The quantitative estimate of drug-likeness (QED) is 0.483. The Labute approximate surface area is 147 Å². The van der Waals surface area contributed by atoms with Gasteiger partial charge in [-0.3, -0.25) is 0 Å². The molecule has 0 atom stereocenters. The minimum Gasteiger partial charge on any atom is -0.452 e. The summed E-state index contributed by atoms with van der Waals surface area (Å²) in [5.74, 6) is 1.38. The highest BCUT2D eigenvalue weighted by Crippen LogP contribution is 2.32. The number of aryl methyl sites for hydroxylation is 1. The van der Waals surface area contributed by atoms with Crippen molar-refractivity contribution in [2.75, 3.05) is 0 Å². The van der Waals surface area contributed by atoms with Crippen molar-refractivity contribution < 1.29 is 4.42 Å². The molecule has 3 aromatic heterocycles. The number of hydrogen-bond acceptors (Lipinski definition) is 5. The van der Waals surface area contributed by atoms with Gasteiger partial charge in [0, 0.05) is 17.4 Å². The zero-order chi connectivity index (χ0) is 16.8. The normalized spacial score (nSPS) is 11.6. The maximum atomic E-state index is 6.02. The molecule has 122 valence electrons. The number of para-hydroxylation sites is 1. The third-order valence-electron chi connectivity index (χ3n) is 4.28. The largest absolute Gasteiger partial charge is 0.452 e. The molecule has 5 nitrogen and oxygen atoms in total. The molecule has 0 unspecified atom stereocenters. The van der Waals surface area contributed by atoms with E-state index in [1.165, 1.54) is 5.56 Å². The molecule has 0 bridgehead atoms. The molecule has 0 spiro atoms. The van der Waals surface area contributed by atoms with E-state index in [2.05, 4.69) is 28.4 Å². The van der Waals surface area contributed by atoms with Crippen LogP contribution in [0.2, 0.25) is 0 Å². The number of benzene rings is 2. The van der Waals surface area contributed by atoms with Gasteiger partial charge in [0.05, 0.1) is 0 Å². The summed E-state index contributed by atoms with van der Waals surface area (Å²) in [5.41, 5.74) is 3.14. The second-order valence-corrected chi connectivity index (χ2v) is 6.97. The number of nitrogens with zero attached hydrogens (tertiary/aromatic N) is 4. The first kappa shape index (κ1) is 14.4. The van der Waals surface area contributed by atoms with Gasteiger partial charge < -0.3 is 4.42 Å². The number of fused-ring (bicyclic) bond motifs is 2. The van der Waals surface area contributed by atoms with E-state index in [9.17, 15) is 0 Å². The van der Waals surface area contributed by atoms with E-state index in [-0.39, 0.29) is 0 Å². The zero-order valence-corrected chi connectivity index (χ0v) is 14.3. The lowest BCUT2D eigenvalue weighted by Crippen LogP contribution is -1.93. The van der Waals surface area contributed by atoms with Gasteiger partial charge in [0.15, 0.2) is 5.76 Å². The molecule has 0 radical (unpaired) electrons. The maximum absolute atomic E-state index is 6.02. The van der Waals surface area contributed by atoms with Crippen molar-refractivity contribution in [3.8, 4) is 11.6 Å². The Morgan fingerprint density at radius 2 is 1.80 bits per heavy atom. The SMILES string of the molecule is Cc1c(-c2nnc3sc(Cc4ccccc4)nn23)oc2ccccc12. The molecule has 0 saturated heterocycles. The Morgan fingerprint density at radius 3 is 2.64 bits per heavy atom. The van der Waals surface area contributed by atoms with Gasteiger partial charge in [-0.2, -0.15) is 9.61 Å². The smallest absolute Gasteiger partial charge is 0.235 e. The molecule has 0 fully saturated rings. The van der Waals surface area contributed by atoms with Gasteiger partial charge in [0.25, 0.3) is 0 Å². The number of hydrogen-bond donors (Lipinski definition) is 0. The predicted octanol–water partition coefficient (Wildman–Crippen LogP) is 4.50. The van der Waals surface area contributed by atoms with Crippen LogP contribution >= 0.6 is 11.3 Å². The van der Waals surface area contributed by atoms with E-state index in [0.717, 1.165) is 38.7 Å². The molecule has 0 aliphatic rings. The van der Waals surface area contributed by atoms with Gasteiger partial charge in [-0.25, -0.2) is 0 Å². The fourth-order valence-electron chi connectivity index (χ4n) is 3.03. The summed E-state index contributed by atoms with van der Waals surface area (Å²) < 4.78 is 7.81. The molecule has 6 heteroatoms. The molecule has 25 heavy (non-hydrogen) atoms. The van der Waals surface area contributed by atoms with E-state index in [4.69, 9.17) is 9.52 Å². The van der Waals surface area contributed by atoms with Crippen LogP contribution in [0.5, 0.6) is 0 Å². The standard InChI is InChI=1S/C19H14N4OS/c1-12-14-9-5-6-10-15(14)24-17(12)18-20-21-19-23(18)22-16(25-19)11-13-7-3-2-4-8-13/h2-10H,11H2,1H3. The number of rotatable bonds is 3. The molecule has 0 aliphatic heterocycles. The first-order valence-corrected chi connectivity index (χ1v) is 8.85. The van der Waals surface area contributed by atoms with Crippen LogP contribution < -0.4 is 0 Å². The molecular weight excluding hydrogens is 332 g/mol. The van der Waals surface area contributed by atoms with E-state index in [1.54, 1.807) is 15.9 Å². The maximum Gasteiger partial charge on any atom is 0.235 e. The van der Waals surface area contributed by atoms with Crippen LogP contribution in [0.4, 0.5) is 0 Å². The van der Waals surface area contributed by atoms with E-state index in [1.807, 2.05) is 43.3 Å². The highest BCUT2D eigenvalue weighted by Gasteiger charge is 2.20. The van der Waals surface area contributed by atoms with Crippen molar-refractivity contribution >= 4 is 27.3 Å². The fraction of sp³-hybridized carbons (Fsp3) is 0.105. The number of aromatic nitrogens is 4. The third-order valence-corrected chi connectivity index (χ3v) is 5.18. The third kappa shape index (κ3) is 2.34. The molecule has 2 aromatic carbocycles. The highest BCUT2D eigenvalue weighted by molar-refractivity contribution is 7.16. The fourth-order valence-corrected chi connectivity index (χ4v) is 3.90. The molecule has 3 heterocycles. The molecule has 5 rings (SSSR count). The average molecular weight is 346 g/mol. The Hall–Kier alpha value is -2.99. The van der Waals surface area contributed by atoms with Crippen molar-refractivity contribution in [2.24, 2.45) is 0 Å². The second kappa shape index (κ2) is 5.53. The van der Waals surface area contributed by atoms with Crippen LogP contribution in [0, 0.1) is 6.92 Å². The van der Waals surface area contributed by atoms with E-state index < -0.39 is 0 Å². The summed E-state index contributed by atoms with van der Waals surface area (Å²) in [6, 6.07) is 18.3. The lowest BCUT2D eigenvalue weighted by Gasteiger charge is -1.96. The van der Waals surface area contributed by atoms with Gasteiger partial charge in [-0.05, 0) is 18.6 Å². The minimum absolute atomic E-state index is 0.652.